The quantitative estimate of drug-likeness (QED) is 0.692. The number of imidazole rings is 1. The van der Waals surface area contributed by atoms with Gasteiger partial charge in [-0.3, -0.25) is 4.40 Å². The Bertz CT molecular complexity index is 671. The predicted molar refractivity (Wildman–Crippen MR) is 74.0 cm³/mol. The first-order chi connectivity index (χ1) is 8.83. The first-order valence-corrected chi connectivity index (χ1v) is 7.51. The van der Waals surface area contributed by atoms with Gasteiger partial charge < -0.3 is 4.74 Å². The van der Waals surface area contributed by atoms with Crippen LogP contribution in [-0.4, -0.2) is 25.8 Å². The van der Waals surface area contributed by atoms with Gasteiger partial charge in [0.2, 0.25) is 0 Å². The third kappa shape index (κ3) is 1.83. The van der Waals surface area contributed by atoms with Gasteiger partial charge in [-0.15, -0.1) is 11.3 Å². The molecule has 7 heteroatoms. The van der Waals surface area contributed by atoms with E-state index in [1.807, 2.05) is 24.7 Å². The highest BCUT2D eigenvalue weighted by atomic mass is 79.9. The molecule has 0 radical (unpaired) electrons. The molecule has 0 aliphatic rings. The zero-order chi connectivity index (χ0) is 12.5. The van der Waals surface area contributed by atoms with Gasteiger partial charge >= 0.3 is 0 Å². The number of rotatable bonds is 4. The van der Waals surface area contributed by atoms with Crippen molar-refractivity contribution < 1.29 is 4.74 Å². The Balaban J connectivity index is 2.08. The number of hydrogen-bond acceptors (Lipinski definition) is 4. The van der Waals surface area contributed by atoms with Gasteiger partial charge in [0.05, 0.1) is 24.7 Å². The molecule has 0 aliphatic carbocycles. The summed E-state index contributed by atoms with van der Waals surface area (Å²) in [6, 6.07) is 0. The highest BCUT2D eigenvalue weighted by molar-refractivity contribution is 9.08. The zero-order valence-electron chi connectivity index (χ0n) is 9.71. The van der Waals surface area contributed by atoms with Crippen molar-refractivity contribution in [2.45, 2.75) is 12.3 Å². The Morgan fingerprint density at radius 3 is 3.17 bits per heavy atom. The van der Waals surface area contributed by atoms with Crippen molar-refractivity contribution in [1.82, 2.24) is 19.2 Å². The number of thiazole rings is 1. The lowest BCUT2D eigenvalue weighted by Crippen LogP contribution is -1.99. The second-order valence-corrected chi connectivity index (χ2v) is 5.06. The van der Waals surface area contributed by atoms with Gasteiger partial charge in [0.15, 0.2) is 16.5 Å². The van der Waals surface area contributed by atoms with Crippen molar-refractivity contribution in [3.63, 3.8) is 0 Å². The van der Waals surface area contributed by atoms with Crippen LogP contribution in [0.5, 0.6) is 5.75 Å². The maximum atomic E-state index is 5.41. The minimum absolute atomic E-state index is 0.634. The van der Waals surface area contributed by atoms with Crippen LogP contribution in [0.4, 0.5) is 0 Å². The fourth-order valence-electron chi connectivity index (χ4n) is 1.79. The summed E-state index contributed by atoms with van der Waals surface area (Å²) in [6.07, 6.45) is 5.57. The molecule has 0 N–H and O–H groups in total. The third-order valence-electron chi connectivity index (χ3n) is 2.55. The second-order valence-electron chi connectivity index (χ2n) is 3.62. The van der Waals surface area contributed by atoms with Crippen LogP contribution in [0, 0.1) is 0 Å². The van der Waals surface area contributed by atoms with E-state index >= 15 is 0 Å². The number of nitrogens with zero attached hydrogens (tertiary/aromatic N) is 4. The molecule has 0 aromatic carbocycles. The van der Waals surface area contributed by atoms with Crippen molar-refractivity contribution in [2.24, 2.45) is 0 Å². The Morgan fingerprint density at radius 1 is 1.50 bits per heavy atom. The summed E-state index contributed by atoms with van der Waals surface area (Å²) in [5, 5.41) is 7.04. The van der Waals surface area contributed by atoms with Gasteiger partial charge in [0.25, 0.3) is 0 Å². The predicted octanol–water partition coefficient (Wildman–Crippen LogP) is 2.88. The molecule has 5 nitrogen and oxygen atoms in total. The van der Waals surface area contributed by atoms with Gasteiger partial charge in [-0.25, -0.2) is 4.68 Å². The molecule has 18 heavy (non-hydrogen) atoms. The molecule has 0 aliphatic heterocycles. The molecule has 3 heterocycles. The van der Waals surface area contributed by atoms with E-state index in [0.29, 0.717) is 6.61 Å². The molecule has 0 saturated heterocycles. The summed E-state index contributed by atoms with van der Waals surface area (Å²) in [5.74, 6) is 1.60. The van der Waals surface area contributed by atoms with Crippen molar-refractivity contribution in [3.05, 3.63) is 29.7 Å². The average molecular weight is 327 g/mol. The van der Waals surface area contributed by atoms with Crippen molar-refractivity contribution in [1.29, 1.82) is 0 Å². The topological polar surface area (TPSA) is 44.3 Å². The first-order valence-electron chi connectivity index (χ1n) is 5.51. The maximum absolute atomic E-state index is 5.41. The first kappa shape index (κ1) is 11.7. The van der Waals surface area contributed by atoms with Crippen LogP contribution in [0.15, 0.2) is 24.0 Å². The smallest absolute Gasteiger partial charge is 0.195 e. The molecule has 94 valence electrons. The fraction of sp³-hybridized carbons (Fsp3) is 0.273. The van der Waals surface area contributed by atoms with Crippen LogP contribution in [0.1, 0.15) is 12.6 Å². The van der Waals surface area contributed by atoms with Crippen LogP contribution in [-0.2, 0) is 5.33 Å². The number of alkyl halides is 1. The molecule has 3 rings (SSSR count). The summed E-state index contributed by atoms with van der Waals surface area (Å²) in [7, 11) is 0. The van der Waals surface area contributed by atoms with E-state index in [9.17, 15) is 0 Å². The zero-order valence-corrected chi connectivity index (χ0v) is 12.1. The van der Waals surface area contributed by atoms with Crippen LogP contribution in [0.2, 0.25) is 0 Å². The SMILES string of the molecule is CCOc1cnn(-c2nc3sccn3c2CBr)c1. The molecular weight excluding hydrogens is 316 g/mol. The number of halogens is 1. The Hall–Kier alpha value is -1.34. The minimum atomic E-state index is 0.634. The van der Waals surface area contributed by atoms with Crippen molar-refractivity contribution in [3.8, 4) is 11.6 Å². The molecule has 0 unspecified atom stereocenters. The summed E-state index contributed by atoms with van der Waals surface area (Å²) >= 11 is 5.11. The van der Waals surface area contributed by atoms with Gasteiger partial charge in [0.1, 0.15) is 0 Å². The lowest BCUT2D eigenvalue weighted by molar-refractivity contribution is 0.340. The highest BCUT2D eigenvalue weighted by Gasteiger charge is 2.14. The second kappa shape index (κ2) is 4.74. The summed E-state index contributed by atoms with van der Waals surface area (Å²) in [5.41, 5.74) is 1.08. The molecular formula is C11H11BrN4OS. The highest BCUT2D eigenvalue weighted by Crippen LogP contribution is 2.23. The largest absolute Gasteiger partial charge is 0.491 e. The van der Waals surface area contributed by atoms with E-state index in [4.69, 9.17) is 4.74 Å². The van der Waals surface area contributed by atoms with E-state index in [-0.39, 0.29) is 0 Å². The van der Waals surface area contributed by atoms with Gasteiger partial charge in [-0.2, -0.15) is 10.1 Å². The van der Waals surface area contributed by atoms with Crippen molar-refractivity contribution >= 4 is 32.2 Å². The number of hydrogen-bond donors (Lipinski definition) is 0. The lowest BCUT2D eigenvalue weighted by atomic mass is 10.5. The molecule has 0 fully saturated rings. The van der Waals surface area contributed by atoms with E-state index in [0.717, 1.165) is 27.6 Å². The summed E-state index contributed by atoms with van der Waals surface area (Å²) < 4.78 is 9.23. The fourth-order valence-corrected chi connectivity index (χ4v) is 3.04. The Morgan fingerprint density at radius 2 is 2.39 bits per heavy atom. The molecule has 0 bridgehead atoms. The minimum Gasteiger partial charge on any atom is -0.491 e. The molecule has 0 saturated carbocycles. The monoisotopic (exact) mass is 326 g/mol. The van der Waals surface area contributed by atoms with Crippen LogP contribution < -0.4 is 4.74 Å². The van der Waals surface area contributed by atoms with E-state index in [1.54, 1.807) is 22.2 Å². The normalized spacial score (nSPS) is 11.2. The number of aromatic nitrogens is 4. The lowest BCUT2D eigenvalue weighted by Gasteiger charge is -2.00. The van der Waals surface area contributed by atoms with Gasteiger partial charge in [0, 0.05) is 16.9 Å². The van der Waals surface area contributed by atoms with E-state index < -0.39 is 0 Å². The molecule has 0 amide bonds. The van der Waals surface area contributed by atoms with Crippen LogP contribution in [0.25, 0.3) is 10.8 Å². The number of fused-ring (bicyclic) bond motifs is 1. The van der Waals surface area contributed by atoms with Crippen LogP contribution in [0.3, 0.4) is 0 Å². The summed E-state index contributed by atoms with van der Waals surface area (Å²) in [6.45, 7) is 2.59. The van der Waals surface area contributed by atoms with Crippen LogP contribution >= 0.6 is 27.3 Å². The van der Waals surface area contributed by atoms with Gasteiger partial charge in [-0.05, 0) is 6.92 Å². The van der Waals surface area contributed by atoms with Crippen molar-refractivity contribution in [2.75, 3.05) is 6.61 Å². The summed E-state index contributed by atoms with van der Waals surface area (Å²) in [4.78, 5) is 5.55. The van der Waals surface area contributed by atoms with E-state index in [2.05, 4.69) is 30.4 Å². The van der Waals surface area contributed by atoms with E-state index in [1.165, 1.54) is 0 Å². The standard InChI is InChI=1S/C11H11BrN4OS/c1-2-17-8-6-13-16(7-8)10-9(5-12)15-3-4-18-11(15)14-10/h3-4,6-7H,2,5H2,1H3. The molecule has 3 aromatic rings. The van der Waals surface area contributed by atoms with Gasteiger partial charge in [-0.1, -0.05) is 15.9 Å². The molecule has 0 atom stereocenters. The molecule has 3 aromatic heterocycles. The third-order valence-corrected chi connectivity index (χ3v) is 3.84. The Kier molecular flexibility index (Phi) is 3.09. The average Bonchev–Trinajstić information content (AvgIpc) is 3.01. The Labute approximate surface area is 116 Å². The number of ether oxygens (including phenoxy) is 1. The maximum Gasteiger partial charge on any atom is 0.195 e. The molecule has 0 spiro atoms.